The number of ether oxygens (including phenoxy) is 1. The Bertz CT molecular complexity index is 369. The Morgan fingerprint density at radius 3 is 2.33 bits per heavy atom. The van der Waals surface area contributed by atoms with Gasteiger partial charge < -0.3 is 10.5 Å². The fourth-order valence-corrected chi connectivity index (χ4v) is 2.29. The molecule has 1 unspecified atom stereocenters. The molecule has 4 heteroatoms. The van der Waals surface area contributed by atoms with Crippen LogP contribution in [0.2, 0.25) is 0 Å². The van der Waals surface area contributed by atoms with Crippen LogP contribution in [0.4, 0.5) is 0 Å². The van der Waals surface area contributed by atoms with Crippen LogP contribution in [0.1, 0.15) is 57.6 Å². The first-order chi connectivity index (χ1) is 8.51. The molecule has 104 valence electrons. The Kier molecular flexibility index (Phi) is 5.82. The summed E-state index contributed by atoms with van der Waals surface area (Å²) in [5, 5.41) is 4.67. The normalized spacial score (nSPS) is 13.3. The monoisotopic (exact) mass is 253 g/mol. The van der Waals surface area contributed by atoms with E-state index in [1.54, 1.807) is 0 Å². The predicted molar refractivity (Wildman–Crippen MR) is 74.7 cm³/mol. The van der Waals surface area contributed by atoms with Gasteiger partial charge in [0.15, 0.2) is 0 Å². The molecule has 0 saturated heterocycles. The van der Waals surface area contributed by atoms with Crippen LogP contribution in [-0.4, -0.2) is 22.5 Å². The Balaban J connectivity index is 2.90. The van der Waals surface area contributed by atoms with Crippen LogP contribution >= 0.6 is 0 Å². The Morgan fingerprint density at radius 1 is 1.22 bits per heavy atom. The van der Waals surface area contributed by atoms with Gasteiger partial charge in [0.25, 0.3) is 0 Å². The average molecular weight is 253 g/mol. The van der Waals surface area contributed by atoms with E-state index in [0.717, 1.165) is 25.1 Å². The molecule has 1 rings (SSSR count). The Labute approximate surface area is 111 Å². The maximum Gasteiger partial charge on any atom is 0.0672 e. The molecule has 0 fully saturated rings. The van der Waals surface area contributed by atoms with Gasteiger partial charge in [0, 0.05) is 17.3 Å². The van der Waals surface area contributed by atoms with E-state index >= 15 is 0 Å². The summed E-state index contributed by atoms with van der Waals surface area (Å²) in [6, 6.07) is 0.0506. The van der Waals surface area contributed by atoms with Crippen LogP contribution in [0.15, 0.2) is 0 Å². The first kappa shape index (κ1) is 15.2. The minimum absolute atomic E-state index is 0.0506. The molecule has 0 aliphatic carbocycles. The van der Waals surface area contributed by atoms with E-state index in [-0.39, 0.29) is 12.1 Å². The third-order valence-corrected chi connectivity index (χ3v) is 3.05. The van der Waals surface area contributed by atoms with Crippen molar-refractivity contribution in [2.45, 2.75) is 66.2 Å². The summed E-state index contributed by atoms with van der Waals surface area (Å²) in [4.78, 5) is 0. The van der Waals surface area contributed by atoms with E-state index in [1.807, 2.05) is 6.92 Å². The first-order valence-corrected chi connectivity index (χ1v) is 6.96. The molecule has 0 saturated carbocycles. The number of hydrogen-bond donors (Lipinski definition) is 1. The molecular formula is C14H27N3O. The van der Waals surface area contributed by atoms with Crippen LogP contribution in [0, 0.1) is 0 Å². The highest BCUT2D eigenvalue weighted by Crippen LogP contribution is 2.22. The van der Waals surface area contributed by atoms with E-state index in [4.69, 9.17) is 10.5 Å². The van der Waals surface area contributed by atoms with Gasteiger partial charge in [0.2, 0.25) is 0 Å². The van der Waals surface area contributed by atoms with E-state index in [1.165, 1.54) is 11.3 Å². The van der Waals surface area contributed by atoms with Crippen molar-refractivity contribution in [1.82, 2.24) is 9.78 Å². The fraction of sp³-hybridized carbons (Fsp3) is 0.786. The number of aryl methyl sites for hydroxylation is 1. The second-order valence-electron chi connectivity index (χ2n) is 4.95. The summed E-state index contributed by atoms with van der Waals surface area (Å²) in [6.45, 7) is 11.9. The molecule has 0 aliphatic rings. The molecule has 0 bridgehead atoms. The van der Waals surface area contributed by atoms with Gasteiger partial charge >= 0.3 is 0 Å². The van der Waals surface area contributed by atoms with Crippen molar-refractivity contribution in [2.75, 3.05) is 6.61 Å². The summed E-state index contributed by atoms with van der Waals surface area (Å²) in [6.07, 6.45) is 2.16. The second kappa shape index (κ2) is 6.90. The third-order valence-electron chi connectivity index (χ3n) is 3.05. The van der Waals surface area contributed by atoms with Gasteiger partial charge in [-0.15, -0.1) is 0 Å². The van der Waals surface area contributed by atoms with Crippen molar-refractivity contribution in [3.63, 3.8) is 0 Å². The average Bonchev–Trinajstić information content (AvgIpc) is 2.66. The Hall–Kier alpha value is -0.870. The first-order valence-electron chi connectivity index (χ1n) is 6.96. The molecule has 1 heterocycles. The highest BCUT2D eigenvalue weighted by Gasteiger charge is 2.18. The molecular weight excluding hydrogens is 226 g/mol. The maximum atomic E-state index is 6.07. The number of aromatic nitrogens is 2. The summed E-state index contributed by atoms with van der Waals surface area (Å²) in [5.41, 5.74) is 9.69. The van der Waals surface area contributed by atoms with E-state index < -0.39 is 0 Å². The molecule has 1 atom stereocenters. The van der Waals surface area contributed by atoms with E-state index in [0.29, 0.717) is 6.61 Å². The number of hydrogen-bond acceptors (Lipinski definition) is 3. The fourth-order valence-electron chi connectivity index (χ4n) is 2.29. The van der Waals surface area contributed by atoms with Gasteiger partial charge in [0.1, 0.15) is 0 Å². The summed E-state index contributed by atoms with van der Waals surface area (Å²) < 4.78 is 7.67. The van der Waals surface area contributed by atoms with Crippen LogP contribution in [-0.2, 0) is 24.1 Å². The van der Waals surface area contributed by atoms with Crippen LogP contribution in [0.5, 0.6) is 0 Å². The van der Waals surface area contributed by atoms with Gasteiger partial charge in [-0.05, 0) is 33.6 Å². The van der Waals surface area contributed by atoms with Gasteiger partial charge in [-0.1, -0.05) is 13.8 Å². The minimum atomic E-state index is 0.0506. The molecule has 18 heavy (non-hydrogen) atoms. The quantitative estimate of drug-likeness (QED) is 0.812. The smallest absolute Gasteiger partial charge is 0.0672 e. The van der Waals surface area contributed by atoms with E-state index in [9.17, 15) is 0 Å². The molecule has 0 spiro atoms. The van der Waals surface area contributed by atoms with Crippen molar-refractivity contribution in [1.29, 1.82) is 0 Å². The van der Waals surface area contributed by atoms with Crippen LogP contribution < -0.4 is 5.73 Å². The van der Waals surface area contributed by atoms with Crippen molar-refractivity contribution in [3.05, 3.63) is 17.0 Å². The zero-order valence-corrected chi connectivity index (χ0v) is 12.4. The van der Waals surface area contributed by atoms with Crippen molar-refractivity contribution < 1.29 is 4.74 Å². The highest BCUT2D eigenvalue weighted by molar-refractivity contribution is 5.29. The molecule has 0 aliphatic heterocycles. The predicted octanol–water partition coefficient (Wildman–Crippen LogP) is 2.45. The Morgan fingerprint density at radius 2 is 1.89 bits per heavy atom. The zero-order chi connectivity index (χ0) is 13.7. The largest absolute Gasteiger partial charge is 0.377 e. The molecule has 2 N–H and O–H groups in total. The molecule has 1 aromatic heterocycles. The summed E-state index contributed by atoms with van der Waals surface area (Å²) >= 11 is 0. The van der Waals surface area contributed by atoms with Gasteiger partial charge in [-0.25, -0.2) is 0 Å². The number of nitrogens with two attached hydrogens (primary N) is 1. The maximum absolute atomic E-state index is 6.07. The lowest BCUT2D eigenvalue weighted by Crippen LogP contribution is -2.14. The highest BCUT2D eigenvalue weighted by atomic mass is 16.5. The topological polar surface area (TPSA) is 53.1 Å². The van der Waals surface area contributed by atoms with Gasteiger partial charge in [-0.2, -0.15) is 5.10 Å². The summed E-state index contributed by atoms with van der Waals surface area (Å²) in [5.74, 6) is 0. The van der Waals surface area contributed by atoms with Crippen molar-refractivity contribution in [3.8, 4) is 0 Å². The number of nitrogens with zero attached hydrogens (tertiary/aromatic N) is 2. The molecule has 0 radical (unpaired) electrons. The van der Waals surface area contributed by atoms with Gasteiger partial charge in [-0.3, -0.25) is 4.68 Å². The lowest BCUT2D eigenvalue weighted by Gasteiger charge is -2.11. The third kappa shape index (κ3) is 3.56. The van der Waals surface area contributed by atoms with E-state index in [2.05, 4.69) is 37.5 Å². The van der Waals surface area contributed by atoms with Crippen molar-refractivity contribution in [2.24, 2.45) is 5.73 Å². The van der Waals surface area contributed by atoms with Gasteiger partial charge in [0.05, 0.1) is 24.9 Å². The second-order valence-corrected chi connectivity index (χ2v) is 4.95. The lowest BCUT2D eigenvalue weighted by atomic mass is 10.0. The lowest BCUT2D eigenvalue weighted by molar-refractivity contribution is 0.0705. The molecule has 0 amide bonds. The number of rotatable bonds is 7. The standard InChI is InChI=1S/C14H27N3O/c1-6-12-14(11(5)15)13(7-2)17(16-12)8-9-18-10(3)4/h10-11H,6-9,15H2,1-5H3. The molecule has 0 aromatic carbocycles. The molecule has 4 nitrogen and oxygen atoms in total. The summed E-state index contributed by atoms with van der Waals surface area (Å²) in [7, 11) is 0. The van der Waals surface area contributed by atoms with Crippen LogP contribution in [0.25, 0.3) is 0 Å². The SMILES string of the molecule is CCc1nn(CCOC(C)C)c(CC)c1C(C)N. The zero-order valence-electron chi connectivity index (χ0n) is 12.4. The van der Waals surface area contributed by atoms with Crippen molar-refractivity contribution >= 4 is 0 Å². The minimum Gasteiger partial charge on any atom is -0.377 e. The molecule has 1 aromatic rings. The van der Waals surface area contributed by atoms with Crippen LogP contribution in [0.3, 0.4) is 0 Å².